The molecule has 3 nitrogen and oxygen atoms in total. The monoisotopic (exact) mass is 284 g/mol. The Morgan fingerprint density at radius 3 is 2.71 bits per heavy atom. The molecule has 1 fully saturated rings. The van der Waals surface area contributed by atoms with E-state index in [1.165, 1.54) is 0 Å². The van der Waals surface area contributed by atoms with E-state index in [0.29, 0.717) is 13.0 Å². The van der Waals surface area contributed by atoms with Crippen molar-refractivity contribution >= 4 is 11.9 Å². The minimum atomic E-state index is -0.875. The highest BCUT2D eigenvalue weighted by atomic mass is 16.7. The van der Waals surface area contributed by atoms with Crippen molar-refractivity contribution in [2.45, 2.75) is 37.6 Å². The number of benzene rings is 1. The molecule has 0 spiro atoms. The van der Waals surface area contributed by atoms with Gasteiger partial charge in [0, 0.05) is 13.0 Å². The second-order valence-corrected chi connectivity index (χ2v) is 5.55. The number of carbonyl (C=O) groups is 1. The number of aldehydes is 1. The lowest BCUT2D eigenvalue weighted by Crippen LogP contribution is -2.39. The van der Waals surface area contributed by atoms with Crippen molar-refractivity contribution in [3.8, 4) is 0 Å². The van der Waals surface area contributed by atoms with Gasteiger partial charge in [-0.2, -0.15) is 0 Å². The van der Waals surface area contributed by atoms with Crippen LogP contribution in [0.25, 0.3) is 5.57 Å². The predicted molar refractivity (Wildman–Crippen MR) is 81.6 cm³/mol. The molecule has 0 amide bonds. The summed E-state index contributed by atoms with van der Waals surface area (Å²) < 4.78 is 11.5. The van der Waals surface area contributed by atoms with E-state index in [0.717, 1.165) is 36.7 Å². The molecule has 1 aromatic rings. The Bertz CT molecular complexity index is 541. The molecule has 1 heterocycles. The SMILES string of the molecule is O=CC1(OC2CCCCO2)C=CC(c2ccccc2)=CC1. The highest BCUT2D eigenvalue weighted by Crippen LogP contribution is 2.30. The smallest absolute Gasteiger partial charge is 0.159 e. The zero-order valence-electron chi connectivity index (χ0n) is 12.0. The first-order valence-electron chi connectivity index (χ1n) is 7.52. The van der Waals surface area contributed by atoms with E-state index < -0.39 is 5.60 Å². The second-order valence-electron chi connectivity index (χ2n) is 5.55. The molecule has 0 bridgehead atoms. The van der Waals surface area contributed by atoms with E-state index in [4.69, 9.17) is 9.47 Å². The maximum atomic E-state index is 11.5. The van der Waals surface area contributed by atoms with Crippen LogP contribution in [0, 0.1) is 0 Å². The van der Waals surface area contributed by atoms with Crippen LogP contribution in [0.3, 0.4) is 0 Å². The summed E-state index contributed by atoms with van der Waals surface area (Å²) in [7, 11) is 0. The van der Waals surface area contributed by atoms with Gasteiger partial charge in [-0.05, 0) is 36.5 Å². The zero-order chi connectivity index (χ0) is 14.5. The Morgan fingerprint density at radius 1 is 1.24 bits per heavy atom. The van der Waals surface area contributed by atoms with Gasteiger partial charge in [-0.3, -0.25) is 4.79 Å². The highest BCUT2D eigenvalue weighted by molar-refractivity contribution is 5.79. The van der Waals surface area contributed by atoms with Crippen molar-refractivity contribution in [3.63, 3.8) is 0 Å². The van der Waals surface area contributed by atoms with Crippen LogP contribution in [0.5, 0.6) is 0 Å². The van der Waals surface area contributed by atoms with E-state index in [1.807, 2.05) is 30.4 Å². The molecule has 110 valence electrons. The molecular formula is C18H20O3. The van der Waals surface area contributed by atoms with Crippen molar-refractivity contribution in [2.75, 3.05) is 6.61 Å². The topological polar surface area (TPSA) is 35.5 Å². The molecule has 1 aromatic carbocycles. The van der Waals surface area contributed by atoms with E-state index in [1.54, 1.807) is 0 Å². The number of carbonyl (C=O) groups excluding carboxylic acids is 1. The minimum Gasteiger partial charge on any atom is -0.353 e. The van der Waals surface area contributed by atoms with Gasteiger partial charge < -0.3 is 9.47 Å². The van der Waals surface area contributed by atoms with Gasteiger partial charge in [0.25, 0.3) is 0 Å². The molecule has 21 heavy (non-hydrogen) atoms. The maximum absolute atomic E-state index is 11.5. The van der Waals surface area contributed by atoms with E-state index >= 15 is 0 Å². The molecule has 3 rings (SSSR count). The number of hydrogen-bond acceptors (Lipinski definition) is 3. The lowest BCUT2D eigenvalue weighted by molar-refractivity contribution is -0.205. The largest absolute Gasteiger partial charge is 0.353 e. The minimum absolute atomic E-state index is 0.264. The van der Waals surface area contributed by atoms with Gasteiger partial charge >= 0.3 is 0 Å². The van der Waals surface area contributed by atoms with Gasteiger partial charge in [-0.25, -0.2) is 0 Å². The fourth-order valence-electron chi connectivity index (χ4n) is 2.73. The maximum Gasteiger partial charge on any atom is 0.159 e. The van der Waals surface area contributed by atoms with Crippen LogP contribution in [0.2, 0.25) is 0 Å². The van der Waals surface area contributed by atoms with Gasteiger partial charge in [0.1, 0.15) is 5.60 Å². The van der Waals surface area contributed by atoms with Gasteiger partial charge in [0.05, 0.1) is 0 Å². The normalized spacial score (nSPS) is 29.0. The number of ether oxygens (including phenoxy) is 2. The van der Waals surface area contributed by atoms with Crippen LogP contribution in [0.1, 0.15) is 31.2 Å². The third-order valence-corrected chi connectivity index (χ3v) is 3.98. The average Bonchev–Trinajstić information content (AvgIpc) is 2.57. The average molecular weight is 284 g/mol. The summed E-state index contributed by atoms with van der Waals surface area (Å²) in [5, 5.41) is 0. The molecule has 0 aromatic heterocycles. The molecule has 2 unspecified atom stereocenters. The molecule has 2 aliphatic rings. The lowest BCUT2D eigenvalue weighted by Gasteiger charge is -2.33. The molecule has 0 radical (unpaired) electrons. The summed E-state index contributed by atoms with van der Waals surface area (Å²) in [6.45, 7) is 0.717. The summed E-state index contributed by atoms with van der Waals surface area (Å²) >= 11 is 0. The number of allylic oxidation sites excluding steroid dienone is 2. The van der Waals surface area contributed by atoms with Crippen LogP contribution in [-0.4, -0.2) is 24.8 Å². The standard InChI is InChI=1S/C18H20O3/c19-14-18(21-17-8-4-5-13-20-17)11-9-16(10-12-18)15-6-2-1-3-7-15/h1-3,6-7,9-11,14,17H,4-5,8,12-13H2. The summed E-state index contributed by atoms with van der Waals surface area (Å²) in [5.74, 6) is 0. The van der Waals surface area contributed by atoms with Crippen molar-refractivity contribution < 1.29 is 14.3 Å². The van der Waals surface area contributed by atoms with Crippen molar-refractivity contribution in [1.82, 2.24) is 0 Å². The second kappa shape index (κ2) is 6.37. The Morgan fingerprint density at radius 2 is 2.10 bits per heavy atom. The molecule has 1 aliphatic heterocycles. The molecule has 2 atom stereocenters. The molecule has 0 N–H and O–H groups in total. The lowest BCUT2D eigenvalue weighted by atomic mass is 9.90. The third-order valence-electron chi connectivity index (χ3n) is 3.98. The van der Waals surface area contributed by atoms with E-state index in [-0.39, 0.29) is 6.29 Å². The molecular weight excluding hydrogens is 264 g/mol. The Balaban J connectivity index is 1.71. The van der Waals surface area contributed by atoms with Gasteiger partial charge in [0.2, 0.25) is 0 Å². The van der Waals surface area contributed by atoms with Gasteiger partial charge in [-0.15, -0.1) is 0 Å². The molecule has 1 aliphatic carbocycles. The molecule has 3 heteroatoms. The number of rotatable bonds is 4. The summed E-state index contributed by atoms with van der Waals surface area (Å²) in [6, 6.07) is 10.1. The van der Waals surface area contributed by atoms with Crippen LogP contribution in [0.15, 0.2) is 48.6 Å². The molecule has 0 saturated carbocycles. The van der Waals surface area contributed by atoms with Crippen molar-refractivity contribution in [3.05, 3.63) is 54.1 Å². The Labute approximate surface area is 125 Å². The van der Waals surface area contributed by atoms with Gasteiger partial charge in [0.15, 0.2) is 12.6 Å². The van der Waals surface area contributed by atoms with Crippen molar-refractivity contribution in [1.29, 1.82) is 0 Å². The third kappa shape index (κ3) is 3.31. The summed E-state index contributed by atoms with van der Waals surface area (Å²) in [6.07, 6.45) is 10.1. The first-order valence-corrected chi connectivity index (χ1v) is 7.52. The Kier molecular flexibility index (Phi) is 4.32. The van der Waals surface area contributed by atoms with Gasteiger partial charge in [-0.1, -0.05) is 42.5 Å². The predicted octanol–water partition coefficient (Wildman–Crippen LogP) is 3.51. The highest BCUT2D eigenvalue weighted by Gasteiger charge is 2.33. The van der Waals surface area contributed by atoms with E-state index in [9.17, 15) is 4.79 Å². The van der Waals surface area contributed by atoms with Crippen LogP contribution >= 0.6 is 0 Å². The fourth-order valence-corrected chi connectivity index (χ4v) is 2.73. The summed E-state index contributed by atoms with van der Waals surface area (Å²) in [4.78, 5) is 11.5. The fraction of sp³-hybridized carbons (Fsp3) is 0.389. The Hall–Kier alpha value is -1.71. The molecule has 1 saturated heterocycles. The van der Waals surface area contributed by atoms with Crippen molar-refractivity contribution in [2.24, 2.45) is 0 Å². The first-order chi connectivity index (χ1) is 10.3. The number of hydrogen-bond donors (Lipinski definition) is 0. The van der Waals surface area contributed by atoms with Crippen LogP contribution in [-0.2, 0) is 14.3 Å². The quantitative estimate of drug-likeness (QED) is 0.794. The van der Waals surface area contributed by atoms with Crippen LogP contribution < -0.4 is 0 Å². The van der Waals surface area contributed by atoms with Crippen LogP contribution in [0.4, 0.5) is 0 Å². The van der Waals surface area contributed by atoms with E-state index in [2.05, 4.69) is 18.2 Å². The first kappa shape index (κ1) is 14.2. The summed E-state index contributed by atoms with van der Waals surface area (Å²) in [5.41, 5.74) is 1.41. The zero-order valence-corrected chi connectivity index (χ0v) is 12.0.